The minimum absolute atomic E-state index is 0.245. The van der Waals surface area contributed by atoms with Crippen molar-refractivity contribution < 1.29 is 14.1 Å². The smallest absolute Gasteiger partial charge is 0.303 e. The van der Waals surface area contributed by atoms with E-state index in [1.54, 1.807) is 6.26 Å². The lowest BCUT2D eigenvalue weighted by Crippen LogP contribution is -2.28. The summed E-state index contributed by atoms with van der Waals surface area (Å²) in [7, 11) is -0.719. The normalized spacial score (nSPS) is 14.8. The number of rotatable bonds is 9. The van der Waals surface area contributed by atoms with E-state index in [-0.39, 0.29) is 6.42 Å². The van der Waals surface area contributed by atoms with Crippen molar-refractivity contribution in [3.05, 3.63) is 0 Å². The molecule has 0 saturated heterocycles. The van der Waals surface area contributed by atoms with Crippen LogP contribution in [-0.2, 0) is 15.6 Å². The van der Waals surface area contributed by atoms with Gasteiger partial charge in [-0.1, -0.05) is 0 Å². The molecule has 4 nitrogen and oxygen atoms in total. The molecule has 0 heterocycles. The maximum Gasteiger partial charge on any atom is 0.303 e. The Morgan fingerprint density at radius 3 is 2.67 bits per heavy atom. The first-order chi connectivity index (χ1) is 7.02. The predicted molar refractivity (Wildman–Crippen MR) is 62.5 cm³/mol. The van der Waals surface area contributed by atoms with Gasteiger partial charge in [0.2, 0.25) is 0 Å². The predicted octanol–water partition coefficient (Wildman–Crippen LogP) is 0.988. The third kappa shape index (κ3) is 11.5. The zero-order valence-corrected chi connectivity index (χ0v) is 10.3. The Labute approximate surface area is 93.9 Å². The molecular formula is C10H21NO3S. The van der Waals surface area contributed by atoms with Crippen LogP contribution in [0.15, 0.2) is 0 Å². The number of carboxylic acids is 1. The molecule has 0 spiro atoms. The summed E-state index contributed by atoms with van der Waals surface area (Å²) in [5.41, 5.74) is 0. The fraction of sp³-hybridized carbons (Fsp3) is 0.900. The summed E-state index contributed by atoms with van der Waals surface area (Å²) in [6, 6.07) is 0.360. The highest BCUT2D eigenvalue weighted by atomic mass is 32.2. The van der Waals surface area contributed by atoms with Crippen LogP contribution >= 0.6 is 0 Å². The van der Waals surface area contributed by atoms with Crippen molar-refractivity contribution >= 4 is 16.8 Å². The van der Waals surface area contributed by atoms with Crippen molar-refractivity contribution in [2.75, 3.05) is 18.6 Å². The molecule has 0 aromatic rings. The molecule has 0 rings (SSSR count). The average molecular weight is 235 g/mol. The van der Waals surface area contributed by atoms with Gasteiger partial charge in [-0.15, -0.1) is 0 Å². The topological polar surface area (TPSA) is 66.4 Å². The Hall–Kier alpha value is -0.420. The lowest BCUT2D eigenvalue weighted by Gasteiger charge is -2.12. The largest absolute Gasteiger partial charge is 0.481 e. The van der Waals surface area contributed by atoms with Gasteiger partial charge in [-0.2, -0.15) is 0 Å². The molecule has 2 atom stereocenters. The maximum absolute atomic E-state index is 10.8. The molecule has 0 aliphatic heterocycles. The fourth-order valence-corrected chi connectivity index (χ4v) is 1.88. The van der Waals surface area contributed by atoms with Gasteiger partial charge in [0.15, 0.2) is 0 Å². The number of nitrogens with one attached hydrogen (secondary N) is 1. The van der Waals surface area contributed by atoms with E-state index in [2.05, 4.69) is 12.2 Å². The second-order valence-corrected chi connectivity index (χ2v) is 5.33. The van der Waals surface area contributed by atoms with Crippen LogP contribution in [0.4, 0.5) is 0 Å². The van der Waals surface area contributed by atoms with E-state index in [1.807, 2.05) is 0 Å². The molecule has 15 heavy (non-hydrogen) atoms. The Morgan fingerprint density at radius 2 is 2.13 bits per heavy atom. The molecular weight excluding hydrogens is 214 g/mol. The number of carboxylic acid groups (broad SMARTS) is 1. The van der Waals surface area contributed by atoms with Crippen LogP contribution in [0.25, 0.3) is 0 Å². The van der Waals surface area contributed by atoms with Gasteiger partial charge in [-0.05, 0) is 32.7 Å². The van der Waals surface area contributed by atoms with E-state index < -0.39 is 16.8 Å². The lowest BCUT2D eigenvalue weighted by molar-refractivity contribution is -0.137. The van der Waals surface area contributed by atoms with Gasteiger partial charge in [-0.3, -0.25) is 9.00 Å². The van der Waals surface area contributed by atoms with Gasteiger partial charge in [-0.25, -0.2) is 0 Å². The zero-order chi connectivity index (χ0) is 11.7. The van der Waals surface area contributed by atoms with E-state index >= 15 is 0 Å². The van der Waals surface area contributed by atoms with Gasteiger partial charge in [0, 0.05) is 35.3 Å². The first kappa shape index (κ1) is 14.6. The average Bonchev–Trinajstić information content (AvgIpc) is 2.13. The third-order valence-corrected chi connectivity index (χ3v) is 2.96. The molecule has 0 aliphatic rings. The maximum atomic E-state index is 10.8. The summed E-state index contributed by atoms with van der Waals surface area (Å²) in [4.78, 5) is 10.2. The molecule has 0 radical (unpaired) electrons. The lowest BCUT2D eigenvalue weighted by atomic mass is 10.2. The molecule has 0 aliphatic carbocycles. The summed E-state index contributed by atoms with van der Waals surface area (Å²) in [5.74, 6) is -0.00652. The molecule has 0 aromatic heterocycles. The Kier molecular flexibility index (Phi) is 8.61. The van der Waals surface area contributed by atoms with Crippen molar-refractivity contribution in [3.63, 3.8) is 0 Å². The third-order valence-electron chi connectivity index (χ3n) is 2.15. The molecule has 0 saturated carbocycles. The highest BCUT2D eigenvalue weighted by Gasteiger charge is 2.02. The van der Waals surface area contributed by atoms with Crippen molar-refractivity contribution in [2.24, 2.45) is 0 Å². The SMILES string of the molecule is CC(CCS(C)=O)NCCCCC(=O)O. The molecule has 90 valence electrons. The summed E-state index contributed by atoms with van der Waals surface area (Å²) in [6.07, 6.45) is 4.46. The molecule has 0 fully saturated rings. The Balaban J connectivity index is 3.27. The van der Waals surface area contributed by atoms with E-state index in [0.717, 1.165) is 31.6 Å². The molecule has 2 unspecified atom stereocenters. The summed E-state index contributed by atoms with van der Waals surface area (Å²) < 4.78 is 10.8. The Morgan fingerprint density at radius 1 is 1.47 bits per heavy atom. The van der Waals surface area contributed by atoms with Crippen molar-refractivity contribution in [1.82, 2.24) is 5.32 Å². The van der Waals surface area contributed by atoms with Gasteiger partial charge >= 0.3 is 5.97 Å². The van der Waals surface area contributed by atoms with Crippen molar-refractivity contribution in [2.45, 2.75) is 38.6 Å². The summed E-state index contributed by atoms with van der Waals surface area (Å²) in [6.45, 7) is 2.90. The number of carbonyl (C=O) groups is 1. The van der Waals surface area contributed by atoms with Gasteiger partial charge in [0.1, 0.15) is 0 Å². The Bertz CT molecular complexity index is 209. The van der Waals surface area contributed by atoms with Crippen LogP contribution < -0.4 is 5.32 Å². The van der Waals surface area contributed by atoms with E-state index in [4.69, 9.17) is 5.11 Å². The van der Waals surface area contributed by atoms with E-state index in [9.17, 15) is 9.00 Å². The first-order valence-corrected chi connectivity index (χ1v) is 7.00. The molecule has 0 aromatic carbocycles. The van der Waals surface area contributed by atoms with E-state index in [0.29, 0.717) is 6.04 Å². The number of aliphatic carboxylic acids is 1. The quantitative estimate of drug-likeness (QED) is 0.585. The molecule has 5 heteroatoms. The van der Waals surface area contributed by atoms with Gasteiger partial charge < -0.3 is 10.4 Å². The molecule has 0 amide bonds. The number of hydrogen-bond donors (Lipinski definition) is 2. The van der Waals surface area contributed by atoms with E-state index in [1.165, 1.54) is 0 Å². The number of hydrogen-bond acceptors (Lipinski definition) is 3. The van der Waals surface area contributed by atoms with Crippen LogP contribution in [-0.4, -0.2) is 39.9 Å². The van der Waals surface area contributed by atoms with Crippen LogP contribution in [0, 0.1) is 0 Å². The minimum Gasteiger partial charge on any atom is -0.481 e. The summed E-state index contributed by atoms with van der Waals surface area (Å²) in [5, 5.41) is 11.7. The van der Waals surface area contributed by atoms with Crippen LogP contribution in [0.3, 0.4) is 0 Å². The highest BCUT2D eigenvalue weighted by Crippen LogP contribution is 1.96. The number of unbranched alkanes of at least 4 members (excludes halogenated alkanes) is 1. The standard InChI is InChI=1S/C10H21NO3S/c1-9(6-8-15(2)14)11-7-4-3-5-10(12)13/h9,11H,3-8H2,1-2H3,(H,12,13). The second-order valence-electron chi connectivity index (χ2n) is 3.77. The van der Waals surface area contributed by atoms with Crippen LogP contribution in [0.5, 0.6) is 0 Å². The minimum atomic E-state index is -0.732. The van der Waals surface area contributed by atoms with Crippen molar-refractivity contribution in [3.8, 4) is 0 Å². The van der Waals surface area contributed by atoms with Crippen LogP contribution in [0.1, 0.15) is 32.6 Å². The van der Waals surface area contributed by atoms with Crippen LogP contribution in [0.2, 0.25) is 0 Å². The fourth-order valence-electron chi connectivity index (χ4n) is 1.19. The summed E-state index contributed by atoms with van der Waals surface area (Å²) >= 11 is 0. The molecule has 2 N–H and O–H groups in total. The van der Waals surface area contributed by atoms with Gasteiger partial charge in [0.05, 0.1) is 0 Å². The van der Waals surface area contributed by atoms with Crippen molar-refractivity contribution in [1.29, 1.82) is 0 Å². The first-order valence-electron chi connectivity index (χ1n) is 5.27. The zero-order valence-electron chi connectivity index (χ0n) is 9.49. The highest BCUT2D eigenvalue weighted by molar-refractivity contribution is 7.84. The van der Waals surface area contributed by atoms with Gasteiger partial charge in [0.25, 0.3) is 0 Å². The molecule has 0 bridgehead atoms. The monoisotopic (exact) mass is 235 g/mol. The second kappa shape index (κ2) is 8.85.